The van der Waals surface area contributed by atoms with E-state index in [1.165, 1.54) is 0 Å². The normalized spacial score (nSPS) is 12.8. The monoisotopic (exact) mass is 273 g/mol. The van der Waals surface area contributed by atoms with Gasteiger partial charge in [-0.25, -0.2) is 4.39 Å². The van der Waals surface area contributed by atoms with Crippen LogP contribution in [0.3, 0.4) is 0 Å². The summed E-state index contributed by atoms with van der Waals surface area (Å²) in [5, 5.41) is 3.17. The first-order valence-electron chi connectivity index (χ1n) is 5.19. The molecule has 0 saturated heterocycles. The third-order valence-corrected chi connectivity index (χ3v) is 2.01. The van der Waals surface area contributed by atoms with E-state index in [1.807, 2.05) is 6.92 Å². The zero-order valence-corrected chi connectivity index (χ0v) is 10.0. The summed E-state index contributed by atoms with van der Waals surface area (Å²) in [5.74, 6) is -0.934. The van der Waals surface area contributed by atoms with Gasteiger partial charge >= 0.3 is 6.18 Å². The van der Waals surface area contributed by atoms with E-state index in [0.717, 1.165) is 5.56 Å². The number of alkyl halides is 3. The molecule has 6 heteroatoms. The second kappa shape index (κ2) is 6.17. The molecule has 19 heavy (non-hydrogen) atoms. The summed E-state index contributed by atoms with van der Waals surface area (Å²) in [6, 6.07) is 6.54. The van der Waals surface area contributed by atoms with Gasteiger partial charge in [0.2, 0.25) is 0 Å². The first-order chi connectivity index (χ1) is 8.79. The van der Waals surface area contributed by atoms with Gasteiger partial charge < -0.3 is 4.84 Å². The molecular weight excluding hydrogens is 262 g/mol. The van der Waals surface area contributed by atoms with Gasteiger partial charge in [-0.05, 0) is 25.1 Å². The SMILES string of the molecule is C=C(F)/C=C(\C=N/Oc1ccc(C)cc1)C(F)(F)F. The molecule has 0 N–H and O–H groups in total. The number of benzene rings is 1. The van der Waals surface area contributed by atoms with Crippen LogP contribution in [-0.2, 0) is 0 Å². The molecule has 1 aromatic rings. The molecule has 0 aliphatic rings. The highest BCUT2D eigenvalue weighted by molar-refractivity contribution is 5.80. The molecule has 0 aliphatic carbocycles. The van der Waals surface area contributed by atoms with Gasteiger partial charge in [0.15, 0.2) is 5.75 Å². The van der Waals surface area contributed by atoms with E-state index in [4.69, 9.17) is 4.84 Å². The molecule has 0 fully saturated rings. The quantitative estimate of drug-likeness (QED) is 0.346. The van der Waals surface area contributed by atoms with Crippen molar-refractivity contribution in [1.82, 2.24) is 0 Å². The number of oxime groups is 1. The molecule has 0 unspecified atom stereocenters. The molecular formula is C13H11F4NO. The molecule has 0 spiro atoms. The van der Waals surface area contributed by atoms with Crippen molar-refractivity contribution in [3.63, 3.8) is 0 Å². The Morgan fingerprint density at radius 3 is 2.32 bits per heavy atom. The van der Waals surface area contributed by atoms with E-state index >= 15 is 0 Å². The van der Waals surface area contributed by atoms with Crippen LogP contribution in [0.1, 0.15) is 5.56 Å². The number of hydrogen-bond donors (Lipinski definition) is 0. The Morgan fingerprint density at radius 2 is 1.84 bits per heavy atom. The Morgan fingerprint density at radius 1 is 1.26 bits per heavy atom. The van der Waals surface area contributed by atoms with Gasteiger partial charge in [-0.1, -0.05) is 29.4 Å². The Hall–Kier alpha value is -2.11. The first kappa shape index (κ1) is 14.9. The van der Waals surface area contributed by atoms with Gasteiger partial charge in [-0.2, -0.15) is 13.2 Å². The summed E-state index contributed by atoms with van der Waals surface area (Å²) in [6.07, 6.45) is -4.10. The number of allylic oxidation sites excluding steroid dienone is 3. The molecule has 0 atom stereocenters. The minimum Gasteiger partial charge on any atom is -0.357 e. The second-order valence-electron chi connectivity index (χ2n) is 3.68. The molecule has 1 rings (SSSR count). The van der Waals surface area contributed by atoms with Crippen molar-refractivity contribution in [3.05, 3.63) is 53.9 Å². The van der Waals surface area contributed by atoms with Crippen LogP contribution in [0.15, 0.2) is 53.5 Å². The number of halogens is 4. The highest BCUT2D eigenvalue weighted by Gasteiger charge is 2.32. The van der Waals surface area contributed by atoms with Crippen molar-refractivity contribution in [1.29, 1.82) is 0 Å². The van der Waals surface area contributed by atoms with Crippen molar-refractivity contribution in [3.8, 4) is 5.75 Å². The summed E-state index contributed by atoms with van der Waals surface area (Å²) in [6.45, 7) is 4.59. The largest absolute Gasteiger partial charge is 0.418 e. The lowest BCUT2D eigenvalue weighted by atomic mass is 10.2. The summed E-state index contributed by atoms with van der Waals surface area (Å²) in [7, 11) is 0. The Kier molecular flexibility index (Phi) is 4.86. The third kappa shape index (κ3) is 5.37. The van der Waals surface area contributed by atoms with Gasteiger partial charge in [-0.15, -0.1) is 0 Å². The van der Waals surface area contributed by atoms with Gasteiger partial charge in [0.25, 0.3) is 0 Å². The molecule has 0 aliphatic heterocycles. The van der Waals surface area contributed by atoms with Crippen LogP contribution < -0.4 is 4.84 Å². The third-order valence-electron chi connectivity index (χ3n) is 2.01. The molecule has 1 aromatic carbocycles. The number of hydrogen-bond acceptors (Lipinski definition) is 2. The fourth-order valence-electron chi connectivity index (χ4n) is 1.10. The predicted octanol–water partition coefficient (Wildman–Crippen LogP) is 4.33. The van der Waals surface area contributed by atoms with Crippen molar-refractivity contribution in [2.75, 3.05) is 0 Å². The van der Waals surface area contributed by atoms with Crippen LogP contribution in [0, 0.1) is 6.92 Å². The first-order valence-corrected chi connectivity index (χ1v) is 5.19. The van der Waals surface area contributed by atoms with E-state index in [9.17, 15) is 17.6 Å². The predicted molar refractivity (Wildman–Crippen MR) is 64.7 cm³/mol. The maximum atomic E-state index is 12.4. The number of nitrogens with zero attached hydrogens (tertiary/aromatic N) is 1. The summed E-state index contributed by atoms with van der Waals surface area (Å²) in [5.41, 5.74) is -0.312. The lowest BCUT2D eigenvalue weighted by molar-refractivity contribution is -0.0858. The van der Waals surface area contributed by atoms with Crippen LogP contribution in [0.4, 0.5) is 17.6 Å². The fourth-order valence-corrected chi connectivity index (χ4v) is 1.10. The Balaban J connectivity index is 2.78. The van der Waals surface area contributed by atoms with E-state index in [0.29, 0.717) is 6.21 Å². The van der Waals surface area contributed by atoms with E-state index < -0.39 is 17.6 Å². The summed E-state index contributed by atoms with van der Waals surface area (Å²) < 4.78 is 49.7. The van der Waals surface area contributed by atoms with Gasteiger partial charge in [0, 0.05) is 0 Å². The van der Waals surface area contributed by atoms with E-state index in [-0.39, 0.29) is 11.8 Å². The topological polar surface area (TPSA) is 21.6 Å². The van der Waals surface area contributed by atoms with Gasteiger partial charge in [0.05, 0.1) is 11.8 Å². The zero-order chi connectivity index (χ0) is 14.5. The molecule has 0 radical (unpaired) electrons. The second-order valence-corrected chi connectivity index (χ2v) is 3.68. The Labute approximate surface area is 107 Å². The molecule has 0 saturated carbocycles. The van der Waals surface area contributed by atoms with Crippen LogP contribution >= 0.6 is 0 Å². The van der Waals surface area contributed by atoms with Crippen molar-refractivity contribution in [2.24, 2.45) is 5.16 Å². The lowest BCUT2D eigenvalue weighted by Gasteiger charge is -2.06. The molecule has 0 amide bonds. The minimum absolute atomic E-state index is 0.238. The number of aryl methyl sites for hydroxylation is 1. The molecule has 2 nitrogen and oxygen atoms in total. The molecule has 102 valence electrons. The minimum atomic E-state index is -4.73. The van der Waals surface area contributed by atoms with Crippen LogP contribution in [0.25, 0.3) is 0 Å². The van der Waals surface area contributed by atoms with Crippen molar-refractivity contribution in [2.45, 2.75) is 13.1 Å². The highest BCUT2D eigenvalue weighted by Crippen LogP contribution is 2.25. The maximum absolute atomic E-state index is 12.4. The van der Waals surface area contributed by atoms with Crippen molar-refractivity contribution < 1.29 is 22.4 Å². The Bertz CT molecular complexity index is 500. The summed E-state index contributed by atoms with van der Waals surface area (Å²) >= 11 is 0. The zero-order valence-electron chi connectivity index (χ0n) is 10.0. The van der Waals surface area contributed by atoms with Crippen LogP contribution in [0.5, 0.6) is 5.75 Å². The van der Waals surface area contributed by atoms with E-state index in [2.05, 4.69) is 11.7 Å². The summed E-state index contributed by atoms with van der Waals surface area (Å²) in [4.78, 5) is 4.74. The molecule has 0 heterocycles. The van der Waals surface area contributed by atoms with Crippen LogP contribution in [-0.4, -0.2) is 12.4 Å². The molecule has 0 aromatic heterocycles. The standard InChI is InChI=1S/C13H11F4NO/c1-9-3-5-12(6-4-9)19-18-8-11(7-10(2)14)13(15,16)17/h3-8H,2H2,1H3/b11-7+,18-8-. The fraction of sp³-hybridized carbons (Fsp3) is 0.154. The average Bonchev–Trinajstić information content (AvgIpc) is 2.28. The number of rotatable bonds is 4. The lowest BCUT2D eigenvalue weighted by Crippen LogP contribution is -2.13. The smallest absolute Gasteiger partial charge is 0.357 e. The molecule has 0 bridgehead atoms. The maximum Gasteiger partial charge on any atom is 0.418 e. The van der Waals surface area contributed by atoms with E-state index in [1.54, 1.807) is 24.3 Å². The van der Waals surface area contributed by atoms with Gasteiger partial charge in [-0.3, -0.25) is 0 Å². The van der Waals surface area contributed by atoms with Gasteiger partial charge in [0.1, 0.15) is 5.83 Å². The van der Waals surface area contributed by atoms with Crippen molar-refractivity contribution >= 4 is 6.21 Å². The van der Waals surface area contributed by atoms with Crippen LogP contribution in [0.2, 0.25) is 0 Å². The average molecular weight is 273 g/mol. The highest BCUT2D eigenvalue weighted by atomic mass is 19.4.